The van der Waals surface area contributed by atoms with Crippen molar-refractivity contribution < 1.29 is 18.3 Å². The third-order valence-electron chi connectivity index (χ3n) is 2.91. The van der Waals surface area contributed by atoms with Gasteiger partial charge < -0.3 is 10.8 Å². The second kappa shape index (κ2) is 5.69. The van der Waals surface area contributed by atoms with Crippen LogP contribution in [-0.2, 0) is 0 Å². The molecule has 0 saturated heterocycles. The molecule has 0 spiro atoms. The Hall–Kier alpha value is -1.11. The molecule has 0 amide bonds. The maximum Gasteiger partial charge on any atom is 0.407 e. The Kier molecular flexibility index (Phi) is 4.72. The SMILES string of the molecule is C[C@@](CN)(N[C@@H](CO)c1ccccc1)C(F)(F)F. The van der Waals surface area contributed by atoms with E-state index < -0.39 is 30.9 Å². The van der Waals surface area contributed by atoms with Gasteiger partial charge in [-0.25, -0.2) is 0 Å². The summed E-state index contributed by atoms with van der Waals surface area (Å²) >= 11 is 0. The minimum atomic E-state index is -4.48. The number of hydrogen-bond donors (Lipinski definition) is 3. The molecule has 6 heteroatoms. The van der Waals surface area contributed by atoms with E-state index in [4.69, 9.17) is 5.73 Å². The molecule has 4 N–H and O–H groups in total. The van der Waals surface area contributed by atoms with E-state index in [0.717, 1.165) is 6.92 Å². The molecule has 1 rings (SSSR count). The van der Waals surface area contributed by atoms with E-state index in [1.807, 2.05) is 0 Å². The summed E-state index contributed by atoms with van der Waals surface area (Å²) in [5.74, 6) is 0. The topological polar surface area (TPSA) is 58.3 Å². The summed E-state index contributed by atoms with van der Waals surface area (Å²) in [5, 5.41) is 11.6. The maximum atomic E-state index is 12.9. The molecule has 3 nitrogen and oxygen atoms in total. The third-order valence-corrected chi connectivity index (χ3v) is 2.91. The molecule has 18 heavy (non-hydrogen) atoms. The fourth-order valence-electron chi connectivity index (χ4n) is 1.56. The first-order valence-electron chi connectivity index (χ1n) is 5.54. The van der Waals surface area contributed by atoms with Gasteiger partial charge in [0.15, 0.2) is 0 Å². The number of halogens is 3. The average molecular weight is 262 g/mol. The molecule has 0 heterocycles. The fourth-order valence-corrected chi connectivity index (χ4v) is 1.56. The maximum absolute atomic E-state index is 12.9. The zero-order valence-corrected chi connectivity index (χ0v) is 10.0. The highest BCUT2D eigenvalue weighted by atomic mass is 19.4. The molecule has 1 aromatic rings. The van der Waals surface area contributed by atoms with E-state index >= 15 is 0 Å². The zero-order valence-electron chi connectivity index (χ0n) is 10.0. The molecule has 0 fully saturated rings. The van der Waals surface area contributed by atoms with Crippen molar-refractivity contribution >= 4 is 0 Å². The Labute approximate surface area is 104 Å². The Morgan fingerprint density at radius 3 is 2.22 bits per heavy atom. The van der Waals surface area contributed by atoms with Crippen LogP contribution in [0.15, 0.2) is 30.3 Å². The minimum absolute atomic E-state index is 0.435. The van der Waals surface area contributed by atoms with E-state index in [2.05, 4.69) is 5.32 Å². The molecular weight excluding hydrogens is 245 g/mol. The van der Waals surface area contributed by atoms with Crippen LogP contribution in [0.25, 0.3) is 0 Å². The second-order valence-corrected chi connectivity index (χ2v) is 4.32. The monoisotopic (exact) mass is 262 g/mol. The highest BCUT2D eigenvalue weighted by molar-refractivity contribution is 5.20. The quantitative estimate of drug-likeness (QED) is 0.755. The van der Waals surface area contributed by atoms with Crippen molar-refractivity contribution in [1.29, 1.82) is 0 Å². The van der Waals surface area contributed by atoms with Crippen molar-refractivity contribution in [2.45, 2.75) is 24.7 Å². The molecular formula is C12H17F3N2O. The number of benzene rings is 1. The van der Waals surface area contributed by atoms with Gasteiger partial charge in [-0.3, -0.25) is 5.32 Å². The van der Waals surface area contributed by atoms with Crippen LogP contribution in [0.2, 0.25) is 0 Å². The van der Waals surface area contributed by atoms with Crippen molar-refractivity contribution in [3.63, 3.8) is 0 Å². The molecule has 1 aromatic carbocycles. The van der Waals surface area contributed by atoms with Gasteiger partial charge in [-0.15, -0.1) is 0 Å². The summed E-state index contributed by atoms with van der Waals surface area (Å²) < 4.78 is 38.7. The van der Waals surface area contributed by atoms with Gasteiger partial charge in [0.1, 0.15) is 5.54 Å². The van der Waals surface area contributed by atoms with Crippen LogP contribution in [0.5, 0.6) is 0 Å². The van der Waals surface area contributed by atoms with Gasteiger partial charge in [-0.1, -0.05) is 30.3 Å². The molecule has 0 aliphatic heterocycles. The standard InChI is InChI=1S/C12H17F3N2O/c1-11(8-16,12(13,14)15)17-10(7-18)9-5-3-2-4-6-9/h2-6,10,17-18H,7-8,16H2,1H3/t10-,11-/m0/s1. The van der Waals surface area contributed by atoms with Gasteiger partial charge in [0.05, 0.1) is 12.6 Å². The highest BCUT2D eigenvalue weighted by Gasteiger charge is 2.51. The Morgan fingerprint density at radius 2 is 1.83 bits per heavy atom. The van der Waals surface area contributed by atoms with Gasteiger partial charge in [-0.2, -0.15) is 13.2 Å². The summed E-state index contributed by atoms with van der Waals surface area (Å²) in [6.07, 6.45) is -4.48. The summed E-state index contributed by atoms with van der Waals surface area (Å²) in [5.41, 5.74) is 3.57. The molecule has 0 aliphatic carbocycles. The molecule has 2 atom stereocenters. The first-order valence-corrected chi connectivity index (χ1v) is 5.54. The van der Waals surface area contributed by atoms with Gasteiger partial charge in [0.2, 0.25) is 0 Å². The van der Waals surface area contributed by atoms with E-state index in [0.29, 0.717) is 5.56 Å². The molecule has 102 valence electrons. The molecule has 0 bridgehead atoms. The number of nitrogens with one attached hydrogen (secondary N) is 1. The number of aliphatic hydroxyl groups excluding tert-OH is 1. The number of nitrogens with two attached hydrogens (primary N) is 1. The Morgan fingerprint density at radius 1 is 1.28 bits per heavy atom. The molecule has 0 aromatic heterocycles. The number of alkyl halides is 3. The highest BCUT2D eigenvalue weighted by Crippen LogP contribution is 2.31. The van der Waals surface area contributed by atoms with Crippen molar-refractivity contribution in [3.8, 4) is 0 Å². The zero-order chi connectivity index (χ0) is 13.8. The summed E-state index contributed by atoms with van der Waals surface area (Å²) in [4.78, 5) is 0. The largest absolute Gasteiger partial charge is 0.407 e. The van der Waals surface area contributed by atoms with Gasteiger partial charge >= 0.3 is 6.18 Å². The Bertz CT molecular complexity index is 369. The van der Waals surface area contributed by atoms with E-state index in [9.17, 15) is 18.3 Å². The minimum Gasteiger partial charge on any atom is -0.394 e. The van der Waals surface area contributed by atoms with Crippen molar-refractivity contribution in [2.75, 3.05) is 13.2 Å². The lowest BCUT2D eigenvalue weighted by molar-refractivity contribution is -0.191. The van der Waals surface area contributed by atoms with Gasteiger partial charge in [0.25, 0.3) is 0 Å². The van der Waals surface area contributed by atoms with Gasteiger partial charge in [0, 0.05) is 6.54 Å². The lowest BCUT2D eigenvalue weighted by atomic mass is 9.98. The van der Waals surface area contributed by atoms with Crippen molar-refractivity contribution in [2.24, 2.45) is 5.73 Å². The first-order chi connectivity index (χ1) is 8.34. The van der Waals surface area contributed by atoms with E-state index in [1.54, 1.807) is 30.3 Å². The van der Waals surface area contributed by atoms with Crippen LogP contribution in [0.1, 0.15) is 18.5 Å². The van der Waals surface area contributed by atoms with Crippen LogP contribution < -0.4 is 11.1 Å². The smallest absolute Gasteiger partial charge is 0.394 e. The number of hydrogen-bond acceptors (Lipinski definition) is 3. The Balaban J connectivity index is 2.92. The lowest BCUT2D eigenvalue weighted by Crippen LogP contribution is -2.60. The van der Waals surface area contributed by atoms with Crippen molar-refractivity contribution in [1.82, 2.24) is 5.32 Å². The third kappa shape index (κ3) is 3.22. The molecule has 0 unspecified atom stereocenters. The van der Waals surface area contributed by atoms with Crippen LogP contribution in [0, 0.1) is 0 Å². The fraction of sp³-hybridized carbons (Fsp3) is 0.500. The number of rotatable bonds is 5. The molecule has 0 saturated carbocycles. The van der Waals surface area contributed by atoms with E-state index in [-0.39, 0.29) is 0 Å². The summed E-state index contributed by atoms with van der Waals surface area (Å²) in [6, 6.07) is 7.66. The van der Waals surface area contributed by atoms with Crippen LogP contribution in [0.4, 0.5) is 13.2 Å². The van der Waals surface area contributed by atoms with E-state index in [1.165, 1.54) is 0 Å². The van der Waals surface area contributed by atoms with Crippen LogP contribution >= 0.6 is 0 Å². The molecule has 0 aliphatic rings. The predicted molar refractivity (Wildman–Crippen MR) is 62.9 cm³/mol. The van der Waals surface area contributed by atoms with Crippen LogP contribution in [0.3, 0.4) is 0 Å². The first kappa shape index (κ1) is 14.9. The van der Waals surface area contributed by atoms with Crippen molar-refractivity contribution in [3.05, 3.63) is 35.9 Å². The van der Waals surface area contributed by atoms with Crippen LogP contribution in [-0.4, -0.2) is 30.0 Å². The average Bonchev–Trinajstić information content (AvgIpc) is 2.35. The summed E-state index contributed by atoms with van der Waals surface area (Å²) in [7, 11) is 0. The molecule has 0 radical (unpaired) electrons. The number of aliphatic hydroxyl groups is 1. The van der Waals surface area contributed by atoms with Gasteiger partial charge in [-0.05, 0) is 12.5 Å². The lowest BCUT2D eigenvalue weighted by Gasteiger charge is -2.35. The summed E-state index contributed by atoms with van der Waals surface area (Å²) in [6.45, 7) is -0.0475. The predicted octanol–water partition coefficient (Wildman–Crippen LogP) is 1.59. The normalized spacial score (nSPS) is 17.2. The second-order valence-electron chi connectivity index (χ2n) is 4.32.